The molecule has 1 aliphatic heterocycles. The molecule has 0 unspecified atom stereocenters. The van der Waals surface area contributed by atoms with Crippen LogP contribution >= 0.6 is 0 Å². The highest BCUT2D eigenvalue weighted by Gasteiger charge is 2.30. The molecule has 1 aliphatic rings. The number of hydrogen-bond acceptors (Lipinski definition) is 4. The largest absolute Gasteiger partial charge is 0.457 e. The first-order chi connectivity index (χ1) is 31.1. The molecule has 0 bridgehead atoms. The lowest BCUT2D eigenvalue weighted by molar-refractivity contribution is 0.483. The molecule has 0 N–H and O–H groups in total. The van der Waals surface area contributed by atoms with Crippen LogP contribution in [-0.4, -0.2) is 16.2 Å². The first-order valence-electron chi connectivity index (χ1n) is 22.9. The Labute approximate surface area is 384 Å². The van der Waals surface area contributed by atoms with Gasteiger partial charge in [-0.1, -0.05) is 153 Å². The molecule has 0 spiro atoms. The van der Waals surface area contributed by atoms with Crippen molar-refractivity contribution in [3.05, 3.63) is 193 Å². The lowest BCUT2D eigenvalue weighted by Gasteiger charge is -2.27. The van der Waals surface area contributed by atoms with Gasteiger partial charge >= 0.3 is 0 Å². The Bertz CT molecular complexity index is 3230. The molecule has 0 atom stereocenters. The van der Waals surface area contributed by atoms with Gasteiger partial charge in [0.1, 0.15) is 24.0 Å². The standard InChI is InChI=1S/C60H58N4O/c1-58(2,3)43-26-28-49(52(36-43)60(7,8)9)41-30-31-61-57(34-41)64-53-23-14-13-22-50(53)51-29-27-48(38-56(51)64)65-47-21-17-20-45(37-47)62-39-63(55-25-16-15-24-54(55)62)46-33-42(40-18-11-10-12-19-40)32-44(35-46)59(4,5)6/h10-38H,39H2,1-9H3. The molecular formula is C60H58N4O. The van der Waals surface area contributed by atoms with Crippen molar-refractivity contribution in [3.8, 4) is 39.6 Å². The second-order valence-electron chi connectivity index (χ2n) is 20.7. The average molecular weight is 851 g/mol. The lowest BCUT2D eigenvalue weighted by Crippen LogP contribution is -2.24. The fraction of sp³-hybridized carbons (Fsp3) is 0.217. The van der Waals surface area contributed by atoms with Gasteiger partial charge < -0.3 is 14.5 Å². The zero-order valence-corrected chi connectivity index (χ0v) is 39.1. The highest BCUT2D eigenvalue weighted by atomic mass is 16.5. The highest BCUT2D eigenvalue weighted by molar-refractivity contribution is 6.09. The van der Waals surface area contributed by atoms with E-state index in [2.05, 4.69) is 240 Å². The van der Waals surface area contributed by atoms with Crippen molar-refractivity contribution in [2.75, 3.05) is 16.5 Å². The van der Waals surface area contributed by atoms with E-state index in [0.29, 0.717) is 6.67 Å². The van der Waals surface area contributed by atoms with E-state index in [1.807, 2.05) is 12.3 Å². The summed E-state index contributed by atoms with van der Waals surface area (Å²) in [4.78, 5) is 9.84. The van der Waals surface area contributed by atoms with Crippen molar-refractivity contribution in [3.63, 3.8) is 0 Å². The lowest BCUT2D eigenvalue weighted by atomic mass is 9.77. The summed E-state index contributed by atoms with van der Waals surface area (Å²) in [6.07, 6.45) is 1.95. The van der Waals surface area contributed by atoms with Gasteiger partial charge in [0.25, 0.3) is 0 Å². The normalized spacial score (nSPS) is 13.2. The predicted octanol–water partition coefficient (Wildman–Crippen LogP) is 16.4. The summed E-state index contributed by atoms with van der Waals surface area (Å²) in [7, 11) is 0. The van der Waals surface area contributed by atoms with Crippen LogP contribution in [0.5, 0.6) is 11.5 Å². The number of anilines is 4. The van der Waals surface area contributed by atoms with Crippen LogP contribution in [0.2, 0.25) is 0 Å². The van der Waals surface area contributed by atoms with Gasteiger partial charge in [0.05, 0.1) is 22.4 Å². The predicted molar refractivity (Wildman–Crippen MR) is 274 cm³/mol. The zero-order chi connectivity index (χ0) is 45.3. The molecule has 0 radical (unpaired) electrons. The quantitative estimate of drug-likeness (QED) is 0.160. The molecule has 65 heavy (non-hydrogen) atoms. The van der Waals surface area contributed by atoms with Crippen molar-refractivity contribution in [1.29, 1.82) is 0 Å². The van der Waals surface area contributed by atoms with E-state index in [1.54, 1.807) is 0 Å². The minimum atomic E-state index is -0.0431. The Kier molecular flexibility index (Phi) is 10.2. The second kappa shape index (κ2) is 15.8. The molecule has 0 saturated heterocycles. The summed E-state index contributed by atoms with van der Waals surface area (Å²) in [5.74, 6) is 2.40. The number of nitrogens with zero attached hydrogens (tertiary/aromatic N) is 4. The van der Waals surface area contributed by atoms with Crippen LogP contribution in [0.4, 0.5) is 22.7 Å². The fourth-order valence-electron chi connectivity index (χ4n) is 9.36. The summed E-state index contributed by atoms with van der Waals surface area (Å²) in [5, 5.41) is 2.33. The number of hydrogen-bond donors (Lipinski definition) is 0. The molecule has 3 heterocycles. The summed E-state index contributed by atoms with van der Waals surface area (Å²) in [6, 6.07) is 61.3. The van der Waals surface area contributed by atoms with E-state index in [1.165, 1.54) is 50.1 Å². The van der Waals surface area contributed by atoms with Crippen molar-refractivity contribution in [2.45, 2.75) is 78.6 Å². The minimum Gasteiger partial charge on any atom is -0.457 e. The van der Waals surface area contributed by atoms with Gasteiger partial charge in [0.15, 0.2) is 0 Å². The van der Waals surface area contributed by atoms with Crippen molar-refractivity contribution >= 4 is 44.6 Å². The first kappa shape index (κ1) is 41.9. The SMILES string of the molecule is CC(C)(C)c1cc(-c2ccccc2)cc(N2CN(c3cccc(Oc4ccc5c6ccccc6n(-c6cc(-c7ccc(C(C)(C)C)cc7C(C)(C)C)ccn6)c5c4)c3)c3ccccc32)c1. The van der Waals surface area contributed by atoms with Gasteiger partial charge in [-0.3, -0.25) is 4.57 Å². The second-order valence-corrected chi connectivity index (χ2v) is 20.7. The average Bonchev–Trinajstić information content (AvgIpc) is 3.84. The van der Waals surface area contributed by atoms with Gasteiger partial charge in [-0.15, -0.1) is 0 Å². The third-order valence-corrected chi connectivity index (χ3v) is 12.9. The fourth-order valence-corrected chi connectivity index (χ4v) is 9.36. The zero-order valence-electron chi connectivity index (χ0n) is 39.1. The Morgan fingerprint density at radius 2 is 1.12 bits per heavy atom. The first-order valence-corrected chi connectivity index (χ1v) is 22.9. The van der Waals surface area contributed by atoms with E-state index in [0.717, 1.165) is 50.7 Å². The van der Waals surface area contributed by atoms with Gasteiger partial charge in [-0.05, 0) is 122 Å². The molecular weight excluding hydrogens is 793 g/mol. The smallest absolute Gasteiger partial charge is 0.138 e. The Hall–Kier alpha value is -7.11. The van der Waals surface area contributed by atoms with Crippen LogP contribution in [0.15, 0.2) is 176 Å². The van der Waals surface area contributed by atoms with Gasteiger partial charge in [0, 0.05) is 40.5 Å². The minimum absolute atomic E-state index is 0.0167. The summed E-state index contributed by atoms with van der Waals surface area (Å²) < 4.78 is 9.08. The summed E-state index contributed by atoms with van der Waals surface area (Å²) >= 11 is 0. The molecule has 324 valence electrons. The van der Waals surface area contributed by atoms with Crippen LogP contribution in [0.1, 0.15) is 79.0 Å². The van der Waals surface area contributed by atoms with E-state index >= 15 is 0 Å². The Balaban J connectivity index is 1.00. The van der Waals surface area contributed by atoms with Crippen molar-refractivity contribution in [2.24, 2.45) is 0 Å². The molecule has 5 heteroatoms. The molecule has 7 aromatic carbocycles. The highest BCUT2D eigenvalue weighted by Crippen LogP contribution is 2.47. The molecule has 2 aromatic heterocycles. The third-order valence-electron chi connectivity index (χ3n) is 12.9. The van der Waals surface area contributed by atoms with Gasteiger partial charge in [-0.25, -0.2) is 4.98 Å². The van der Waals surface area contributed by atoms with Crippen molar-refractivity contribution < 1.29 is 4.74 Å². The van der Waals surface area contributed by atoms with E-state index in [9.17, 15) is 0 Å². The number of pyridine rings is 1. The monoisotopic (exact) mass is 850 g/mol. The van der Waals surface area contributed by atoms with Gasteiger partial charge in [0.2, 0.25) is 0 Å². The number of fused-ring (bicyclic) bond motifs is 4. The number of ether oxygens (including phenoxy) is 1. The number of aromatic nitrogens is 2. The Morgan fingerprint density at radius 3 is 1.86 bits per heavy atom. The van der Waals surface area contributed by atoms with E-state index < -0.39 is 0 Å². The Morgan fingerprint density at radius 1 is 0.446 bits per heavy atom. The molecule has 10 rings (SSSR count). The van der Waals surface area contributed by atoms with Crippen LogP contribution in [0.3, 0.4) is 0 Å². The molecule has 0 fully saturated rings. The number of rotatable bonds is 7. The maximum Gasteiger partial charge on any atom is 0.138 e. The molecule has 0 amide bonds. The van der Waals surface area contributed by atoms with E-state index in [4.69, 9.17) is 9.72 Å². The van der Waals surface area contributed by atoms with Crippen LogP contribution in [-0.2, 0) is 16.2 Å². The topological polar surface area (TPSA) is 33.5 Å². The molecule has 0 saturated carbocycles. The van der Waals surface area contributed by atoms with Gasteiger partial charge in [-0.2, -0.15) is 0 Å². The maximum atomic E-state index is 6.80. The molecule has 9 aromatic rings. The van der Waals surface area contributed by atoms with Crippen LogP contribution < -0.4 is 14.5 Å². The summed E-state index contributed by atoms with van der Waals surface area (Å²) in [5.41, 5.74) is 15.5. The van der Waals surface area contributed by atoms with E-state index in [-0.39, 0.29) is 16.2 Å². The third kappa shape index (κ3) is 7.94. The number of benzene rings is 7. The summed E-state index contributed by atoms with van der Waals surface area (Å²) in [6.45, 7) is 21.3. The van der Waals surface area contributed by atoms with Crippen LogP contribution in [0, 0.1) is 0 Å². The van der Waals surface area contributed by atoms with Crippen molar-refractivity contribution in [1.82, 2.24) is 9.55 Å². The molecule has 5 nitrogen and oxygen atoms in total. The maximum absolute atomic E-state index is 6.80. The molecule has 0 aliphatic carbocycles. The van der Waals surface area contributed by atoms with Crippen LogP contribution in [0.25, 0.3) is 49.9 Å². The number of para-hydroxylation sites is 3.